The molecule has 1 rings (SSSR count). The molecule has 0 saturated heterocycles. The van der Waals surface area contributed by atoms with Crippen LogP contribution in [0.25, 0.3) is 0 Å². The molecule has 1 amide bonds. The summed E-state index contributed by atoms with van der Waals surface area (Å²) in [6.07, 6.45) is 1.25. The van der Waals surface area contributed by atoms with Crippen LogP contribution < -0.4 is 5.32 Å². The largest absolute Gasteiger partial charge is 0.388 e. The van der Waals surface area contributed by atoms with E-state index >= 15 is 0 Å². The van der Waals surface area contributed by atoms with Gasteiger partial charge in [-0.3, -0.25) is 4.79 Å². The normalized spacial score (nSPS) is 11.4. The van der Waals surface area contributed by atoms with Crippen LogP contribution in [0.2, 0.25) is 0 Å². The van der Waals surface area contributed by atoms with Gasteiger partial charge in [0.1, 0.15) is 0 Å². The van der Waals surface area contributed by atoms with Crippen molar-refractivity contribution in [3.05, 3.63) is 33.8 Å². The second-order valence-electron chi connectivity index (χ2n) is 4.55. The van der Waals surface area contributed by atoms with Gasteiger partial charge in [-0.15, -0.1) is 0 Å². The molecule has 4 heteroatoms. The highest BCUT2D eigenvalue weighted by Crippen LogP contribution is 2.21. The van der Waals surface area contributed by atoms with E-state index < -0.39 is 5.60 Å². The molecule has 0 aliphatic carbocycles. The summed E-state index contributed by atoms with van der Waals surface area (Å²) in [4.78, 5) is 12.0. The average molecular weight is 314 g/mol. The summed E-state index contributed by atoms with van der Waals surface area (Å²) >= 11 is 3.41. The van der Waals surface area contributed by atoms with Gasteiger partial charge in [-0.25, -0.2) is 0 Å². The number of benzene rings is 1. The van der Waals surface area contributed by atoms with Crippen LogP contribution in [0.1, 0.15) is 42.6 Å². The standard InChI is InChI=1S/C14H20BrNO2/c1-4-14(18,5-2)9-16-13(17)11-8-6-7-10(3)12(11)15/h6-8,18H,4-5,9H2,1-3H3,(H,16,17). The third-order valence-electron chi connectivity index (χ3n) is 3.33. The Bertz CT molecular complexity index is 428. The van der Waals surface area contributed by atoms with Gasteiger partial charge in [0.2, 0.25) is 0 Å². The number of amides is 1. The second kappa shape index (κ2) is 6.34. The molecule has 0 radical (unpaired) electrons. The van der Waals surface area contributed by atoms with Gasteiger partial charge in [-0.2, -0.15) is 0 Å². The van der Waals surface area contributed by atoms with Crippen molar-refractivity contribution in [1.29, 1.82) is 0 Å². The molecular weight excluding hydrogens is 294 g/mol. The van der Waals surface area contributed by atoms with Gasteiger partial charge in [0, 0.05) is 11.0 Å². The maximum absolute atomic E-state index is 12.0. The molecule has 0 atom stereocenters. The molecule has 0 aliphatic rings. The van der Waals surface area contributed by atoms with E-state index in [1.54, 1.807) is 6.07 Å². The Labute approximate surface area is 117 Å². The first-order chi connectivity index (χ1) is 8.43. The Kier molecular flexibility index (Phi) is 5.35. The average Bonchev–Trinajstić information content (AvgIpc) is 2.39. The molecule has 1 aromatic rings. The Hall–Kier alpha value is -0.870. The molecular formula is C14H20BrNO2. The lowest BCUT2D eigenvalue weighted by atomic mass is 9.97. The van der Waals surface area contributed by atoms with Crippen LogP contribution in [0.5, 0.6) is 0 Å². The summed E-state index contributed by atoms with van der Waals surface area (Å²) in [5, 5.41) is 12.9. The highest BCUT2D eigenvalue weighted by atomic mass is 79.9. The van der Waals surface area contributed by atoms with E-state index in [-0.39, 0.29) is 12.5 Å². The zero-order chi connectivity index (χ0) is 13.8. The van der Waals surface area contributed by atoms with Gasteiger partial charge in [0.05, 0.1) is 11.2 Å². The zero-order valence-electron chi connectivity index (χ0n) is 11.1. The SMILES string of the molecule is CCC(O)(CC)CNC(=O)c1cccc(C)c1Br. The number of nitrogens with one attached hydrogen (secondary N) is 1. The molecule has 0 aliphatic heterocycles. The molecule has 0 saturated carbocycles. The van der Waals surface area contributed by atoms with Gasteiger partial charge in [-0.1, -0.05) is 26.0 Å². The van der Waals surface area contributed by atoms with Gasteiger partial charge < -0.3 is 10.4 Å². The van der Waals surface area contributed by atoms with E-state index in [1.165, 1.54) is 0 Å². The molecule has 18 heavy (non-hydrogen) atoms. The maximum Gasteiger partial charge on any atom is 0.252 e. The topological polar surface area (TPSA) is 49.3 Å². The summed E-state index contributed by atoms with van der Waals surface area (Å²) in [5.74, 6) is -0.161. The molecule has 100 valence electrons. The first-order valence-corrected chi connectivity index (χ1v) is 6.98. The van der Waals surface area contributed by atoms with E-state index in [0.29, 0.717) is 18.4 Å². The van der Waals surface area contributed by atoms with Crippen molar-refractivity contribution in [1.82, 2.24) is 5.32 Å². The molecule has 0 aromatic heterocycles. The van der Waals surface area contributed by atoms with Crippen molar-refractivity contribution in [2.75, 3.05) is 6.54 Å². The fourth-order valence-corrected chi connectivity index (χ4v) is 2.11. The number of hydrogen-bond donors (Lipinski definition) is 2. The minimum absolute atomic E-state index is 0.161. The van der Waals surface area contributed by atoms with Crippen LogP contribution in [0, 0.1) is 6.92 Å². The molecule has 0 bridgehead atoms. The van der Waals surface area contributed by atoms with Crippen molar-refractivity contribution >= 4 is 21.8 Å². The Morgan fingerprint density at radius 2 is 2.00 bits per heavy atom. The summed E-state index contributed by atoms with van der Waals surface area (Å²) in [7, 11) is 0. The number of rotatable bonds is 5. The van der Waals surface area contributed by atoms with E-state index in [4.69, 9.17) is 0 Å². The van der Waals surface area contributed by atoms with Crippen molar-refractivity contribution in [2.45, 2.75) is 39.2 Å². The monoisotopic (exact) mass is 313 g/mol. The number of halogens is 1. The van der Waals surface area contributed by atoms with Crippen molar-refractivity contribution in [2.24, 2.45) is 0 Å². The van der Waals surface area contributed by atoms with Crippen LogP contribution in [-0.4, -0.2) is 23.2 Å². The van der Waals surface area contributed by atoms with Gasteiger partial charge >= 0.3 is 0 Å². The first-order valence-electron chi connectivity index (χ1n) is 6.19. The fraction of sp³-hybridized carbons (Fsp3) is 0.500. The number of carbonyl (C=O) groups is 1. The molecule has 0 unspecified atom stereocenters. The minimum atomic E-state index is -0.814. The quantitative estimate of drug-likeness (QED) is 0.877. The molecule has 0 heterocycles. The molecule has 2 N–H and O–H groups in total. The minimum Gasteiger partial charge on any atom is -0.388 e. The number of aryl methyl sites for hydroxylation is 1. The number of carbonyl (C=O) groups excluding carboxylic acids is 1. The fourth-order valence-electron chi connectivity index (χ4n) is 1.66. The summed E-state index contributed by atoms with van der Waals surface area (Å²) in [6.45, 7) is 6.05. The summed E-state index contributed by atoms with van der Waals surface area (Å²) < 4.78 is 0.805. The smallest absolute Gasteiger partial charge is 0.252 e. The van der Waals surface area contributed by atoms with Crippen LogP contribution in [0.3, 0.4) is 0 Å². The van der Waals surface area contributed by atoms with Gasteiger partial charge in [-0.05, 0) is 47.3 Å². The Morgan fingerprint density at radius 3 is 2.56 bits per heavy atom. The lowest BCUT2D eigenvalue weighted by molar-refractivity contribution is 0.0314. The first kappa shape index (κ1) is 15.2. The number of aliphatic hydroxyl groups is 1. The lowest BCUT2D eigenvalue weighted by Crippen LogP contribution is -2.42. The second-order valence-corrected chi connectivity index (χ2v) is 5.34. The predicted octanol–water partition coefficient (Wildman–Crippen LogP) is 3.04. The molecule has 1 aromatic carbocycles. The third kappa shape index (κ3) is 3.56. The highest BCUT2D eigenvalue weighted by molar-refractivity contribution is 9.10. The van der Waals surface area contributed by atoms with Crippen LogP contribution in [-0.2, 0) is 0 Å². The van der Waals surface area contributed by atoms with Gasteiger partial charge in [0.15, 0.2) is 0 Å². The van der Waals surface area contributed by atoms with Crippen molar-refractivity contribution < 1.29 is 9.90 Å². The van der Waals surface area contributed by atoms with E-state index in [0.717, 1.165) is 10.0 Å². The predicted molar refractivity (Wildman–Crippen MR) is 76.7 cm³/mol. The number of hydrogen-bond acceptors (Lipinski definition) is 2. The van der Waals surface area contributed by atoms with E-state index in [9.17, 15) is 9.90 Å². The Morgan fingerprint density at radius 1 is 1.39 bits per heavy atom. The maximum atomic E-state index is 12.0. The van der Waals surface area contributed by atoms with Crippen LogP contribution in [0.4, 0.5) is 0 Å². The molecule has 0 spiro atoms. The summed E-state index contributed by atoms with van der Waals surface area (Å²) in [5.41, 5.74) is 0.805. The van der Waals surface area contributed by atoms with Gasteiger partial charge in [0.25, 0.3) is 5.91 Å². The van der Waals surface area contributed by atoms with E-state index in [2.05, 4.69) is 21.2 Å². The van der Waals surface area contributed by atoms with Crippen LogP contribution >= 0.6 is 15.9 Å². The van der Waals surface area contributed by atoms with Crippen molar-refractivity contribution in [3.63, 3.8) is 0 Å². The van der Waals surface area contributed by atoms with Crippen LogP contribution in [0.15, 0.2) is 22.7 Å². The molecule has 3 nitrogen and oxygen atoms in total. The lowest BCUT2D eigenvalue weighted by Gasteiger charge is -2.25. The van der Waals surface area contributed by atoms with E-state index in [1.807, 2.05) is 32.9 Å². The van der Waals surface area contributed by atoms with Crippen molar-refractivity contribution in [3.8, 4) is 0 Å². The molecule has 0 fully saturated rings. The Balaban J connectivity index is 2.75. The zero-order valence-corrected chi connectivity index (χ0v) is 12.7. The highest BCUT2D eigenvalue weighted by Gasteiger charge is 2.23. The third-order valence-corrected chi connectivity index (χ3v) is 4.38. The summed E-state index contributed by atoms with van der Waals surface area (Å²) in [6, 6.07) is 5.56.